The van der Waals surface area contributed by atoms with Crippen molar-refractivity contribution >= 4 is 22.9 Å². The molecule has 68 valence electrons. The van der Waals surface area contributed by atoms with Gasteiger partial charge in [-0.05, 0) is 25.5 Å². The Balaban J connectivity index is 2.81. The molecule has 0 saturated heterocycles. The average molecular weight is 205 g/mol. The van der Waals surface area contributed by atoms with Gasteiger partial charge in [-0.3, -0.25) is 0 Å². The fourth-order valence-electron chi connectivity index (χ4n) is 1.21. The molecule has 0 aromatic carbocycles. The third kappa shape index (κ3) is 2.22. The lowest BCUT2D eigenvalue weighted by Gasteiger charge is -2.20. The second-order valence-corrected chi connectivity index (χ2v) is 4.84. The molecule has 12 heavy (non-hydrogen) atoms. The average Bonchev–Trinajstić information content (AvgIpc) is 2.36. The van der Waals surface area contributed by atoms with Crippen LogP contribution in [0.1, 0.15) is 31.6 Å². The van der Waals surface area contributed by atoms with Crippen LogP contribution in [0.2, 0.25) is 4.34 Å². The number of halogens is 1. The molecule has 0 spiro atoms. The van der Waals surface area contributed by atoms with E-state index in [4.69, 9.17) is 11.6 Å². The van der Waals surface area contributed by atoms with Crippen LogP contribution in [0.4, 0.5) is 0 Å². The van der Waals surface area contributed by atoms with Gasteiger partial charge < -0.3 is 5.11 Å². The third-order valence-electron chi connectivity index (χ3n) is 1.84. The summed E-state index contributed by atoms with van der Waals surface area (Å²) in [5, 5.41) is 9.95. The molecule has 3 heteroatoms. The fourth-order valence-corrected chi connectivity index (χ4v) is 2.33. The van der Waals surface area contributed by atoms with Gasteiger partial charge in [0.1, 0.15) is 0 Å². The highest BCUT2D eigenvalue weighted by molar-refractivity contribution is 7.16. The van der Waals surface area contributed by atoms with Crippen molar-refractivity contribution in [2.75, 3.05) is 0 Å². The highest BCUT2D eigenvalue weighted by Crippen LogP contribution is 2.33. The van der Waals surface area contributed by atoms with E-state index in [0.29, 0.717) is 0 Å². The molecular weight excluding hydrogens is 192 g/mol. The first-order chi connectivity index (χ1) is 5.56. The first-order valence-corrected chi connectivity index (χ1v) is 5.24. The minimum Gasteiger partial charge on any atom is -0.385 e. The van der Waals surface area contributed by atoms with Crippen molar-refractivity contribution in [2.24, 2.45) is 0 Å². The van der Waals surface area contributed by atoms with Gasteiger partial charge in [0, 0.05) is 4.88 Å². The van der Waals surface area contributed by atoms with E-state index in [-0.39, 0.29) is 0 Å². The summed E-state index contributed by atoms with van der Waals surface area (Å²) in [7, 11) is 0. The highest BCUT2D eigenvalue weighted by atomic mass is 35.5. The predicted molar refractivity (Wildman–Crippen MR) is 53.8 cm³/mol. The van der Waals surface area contributed by atoms with Crippen molar-refractivity contribution in [3.8, 4) is 0 Å². The van der Waals surface area contributed by atoms with E-state index in [1.54, 1.807) is 0 Å². The molecule has 0 aliphatic heterocycles. The normalized spacial score (nSPS) is 16.0. The van der Waals surface area contributed by atoms with Crippen LogP contribution < -0.4 is 0 Å². The second-order valence-electron chi connectivity index (χ2n) is 3.13. The Kier molecular flexibility index (Phi) is 3.16. The van der Waals surface area contributed by atoms with E-state index in [0.717, 1.165) is 22.1 Å². The topological polar surface area (TPSA) is 20.2 Å². The van der Waals surface area contributed by atoms with Gasteiger partial charge in [0.2, 0.25) is 0 Å². The van der Waals surface area contributed by atoms with Crippen LogP contribution in [0.3, 0.4) is 0 Å². The maximum Gasteiger partial charge on any atom is 0.0960 e. The van der Waals surface area contributed by atoms with E-state index < -0.39 is 5.60 Å². The van der Waals surface area contributed by atoms with Gasteiger partial charge in [0.05, 0.1) is 9.94 Å². The molecule has 0 saturated carbocycles. The number of hydrogen-bond acceptors (Lipinski definition) is 2. The van der Waals surface area contributed by atoms with E-state index >= 15 is 0 Å². The molecule has 1 nitrogen and oxygen atoms in total. The number of aliphatic hydroxyl groups is 1. The van der Waals surface area contributed by atoms with Crippen LogP contribution in [0.15, 0.2) is 12.1 Å². The van der Waals surface area contributed by atoms with E-state index in [2.05, 4.69) is 6.92 Å². The zero-order chi connectivity index (χ0) is 9.19. The van der Waals surface area contributed by atoms with Crippen molar-refractivity contribution in [1.82, 2.24) is 0 Å². The first kappa shape index (κ1) is 10.0. The van der Waals surface area contributed by atoms with Crippen LogP contribution >= 0.6 is 22.9 Å². The summed E-state index contributed by atoms with van der Waals surface area (Å²) in [6.07, 6.45) is 1.76. The zero-order valence-corrected chi connectivity index (χ0v) is 8.87. The SMILES string of the molecule is CCCC(C)(O)c1ccc(Cl)s1. The summed E-state index contributed by atoms with van der Waals surface area (Å²) in [5.41, 5.74) is -0.702. The van der Waals surface area contributed by atoms with Crippen LogP contribution in [-0.4, -0.2) is 5.11 Å². The van der Waals surface area contributed by atoms with Gasteiger partial charge in [-0.25, -0.2) is 0 Å². The Morgan fingerprint density at radius 3 is 2.67 bits per heavy atom. The van der Waals surface area contributed by atoms with Crippen LogP contribution in [-0.2, 0) is 5.60 Å². The van der Waals surface area contributed by atoms with Crippen LogP contribution in [0, 0.1) is 0 Å². The number of thiophene rings is 1. The molecule has 0 radical (unpaired) electrons. The summed E-state index contributed by atoms with van der Waals surface area (Å²) in [6.45, 7) is 3.89. The standard InChI is InChI=1S/C9H13ClOS/c1-3-6-9(2,11)7-4-5-8(10)12-7/h4-5,11H,3,6H2,1-2H3. The summed E-state index contributed by atoms with van der Waals surface area (Å²) in [6, 6.07) is 3.72. The lowest BCUT2D eigenvalue weighted by Crippen LogP contribution is -2.18. The molecule has 1 heterocycles. The molecule has 0 amide bonds. The monoisotopic (exact) mass is 204 g/mol. The smallest absolute Gasteiger partial charge is 0.0960 e. The Morgan fingerprint density at radius 2 is 2.25 bits per heavy atom. The van der Waals surface area contributed by atoms with Crippen molar-refractivity contribution in [3.63, 3.8) is 0 Å². The lowest BCUT2D eigenvalue weighted by atomic mass is 9.99. The fraction of sp³-hybridized carbons (Fsp3) is 0.556. The third-order valence-corrected chi connectivity index (χ3v) is 3.33. The molecule has 1 N–H and O–H groups in total. The van der Waals surface area contributed by atoms with Crippen LogP contribution in [0.5, 0.6) is 0 Å². The molecule has 0 aliphatic rings. The van der Waals surface area contributed by atoms with Gasteiger partial charge in [-0.1, -0.05) is 24.9 Å². The minimum atomic E-state index is -0.702. The zero-order valence-electron chi connectivity index (χ0n) is 7.30. The quantitative estimate of drug-likeness (QED) is 0.800. The van der Waals surface area contributed by atoms with Crippen molar-refractivity contribution < 1.29 is 5.11 Å². The molecule has 1 aromatic heterocycles. The van der Waals surface area contributed by atoms with Crippen LogP contribution in [0.25, 0.3) is 0 Å². The van der Waals surface area contributed by atoms with E-state index in [1.165, 1.54) is 11.3 Å². The van der Waals surface area contributed by atoms with Gasteiger partial charge in [0.25, 0.3) is 0 Å². The summed E-state index contributed by atoms with van der Waals surface area (Å²) in [4.78, 5) is 0.953. The Labute approximate surface area is 82.0 Å². The van der Waals surface area contributed by atoms with E-state index in [1.807, 2.05) is 19.1 Å². The van der Waals surface area contributed by atoms with Gasteiger partial charge in [0.15, 0.2) is 0 Å². The summed E-state index contributed by atoms with van der Waals surface area (Å²) >= 11 is 7.22. The number of hydrogen-bond donors (Lipinski definition) is 1. The van der Waals surface area contributed by atoms with Gasteiger partial charge >= 0.3 is 0 Å². The molecular formula is C9H13ClOS. The maximum absolute atomic E-state index is 9.95. The molecule has 0 bridgehead atoms. The number of rotatable bonds is 3. The van der Waals surface area contributed by atoms with Crippen molar-refractivity contribution in [1.29, 1.82) is 0 Å². The minimum absolute atomic E-state index is 0.702. The lowest BCUT2D eigenvalue weighted by molar-refractivity contribution is 0.0508. The molecule has 1 atom stereocenters. The summed E-state index contributed by atoms with van der Waals surface area (Å²) < 4.78 is 0.737. The Morgan fingerprint density at radius 1 is 1.58 bits per heavy atom. The summed E-state index contributed by atoms with van der Waals surface area (Å²) in [5.74, 6) is 0. The Hall–Kier alpha value is -0.0500. The van der Waals surface area contributed by atoms with Gasteiger partial charge in [-0.15, -0.1) is 11.3 Å². The highest BCUT2D eigenvalue weighted by Gasteiger charge is 2.23. The van der Waals surface area contributed by atoms with E-state index in [9.17, 15) is 5.11 Å². The molecule has 0 aliphatic carbocycles. The van der Waals surface area contributed by atoms with Crippen molar-refractivity contribution in [2.45, 2.75) is 32.3 Å². The first-order valence-electron chi connectivity index (χ1n) is 4.04. The largest absolute Gasteiger partial charge is 0.385 e. The maximum atomic E-state index is 9.95. The molecule has 1 unspecified atom stereocenters. The Bertz CT molecular complexity index is 255. The van der Waals surface area contributed by atoms with Crippen molar-refractivity contribution in [3.05, 3.63) is 21.3 Å². The molecule has 0 fully saturated rings. The molecule has 1 rings (SSSR count). The molecule has 1 aromatic rings. The second kappa shape index (κ2) is 3.77. The van der Waals surface area contributed by atoms with Gasteiger partial charge in [-0.2, -0.15) is 0 Å². The predicted octanol–water partition coefficient (Wildman–Crippen LogP) is 3.41.